The number of para-hydroxylation sites is 4. The lowest BCUT2D eigenvalue weighted by Gasteiger charge is -2.37. The molecule has 1 radical (unpaired) electrons. The fraction of sp³-hybridized carbons (Fsp3) is 0.136. The Morgan fingerprint density at radius 2 is 1.06 bits per heavy atom. The quantitative estimate of drug-likeness (QED) is 0.157. The summed E-state index contributed by atoms with van der Waals surface area (Å²) in [5, 5.41) is 14.5. The monoisotopic (exact) mass is 693 g/mol. The van der Waals surface area contributed by atoms with E-state index in [1.807, 2.05) is 111 Å². The molecule has 9 aromatic rings. The molecule has 53 heavy (non-hydrogen) atoms. The average Bonchev–Trinajstić information content (AvgIpc) is 3.75. The van der Waals surface area contributed by atoms with Gasteiger partial charge in [0.2, 0.25) is 0 Å². The second kappa shape index (κ2) is 12.5. The highest BCUT2D eigenvalue weighted by Crippen LogP contribution is 2.38. The number of pyridine rings is 1. The van der Waals surface area contributed by atoms with Crippen LogP contribution in [0.1, 0.15) is 27.7 Å². The van der Waals surface area contributed by atoms with Crippen LogP contribution in [0, 0.1) is 0 Å². The highest BCUT2D eigenvalue weighted by Gasteiger charge is 2.35. The molecule has 1 N–H and O–H groups in total. The van der Waals surface area contributed by atoms with Gasteiger partial charge < -0.3 is 18.6 Å². The molecular weight excluding hydrogens is 659 g/mol. The number of fused-ring (bicyclic) bond motifs is 6. The maximum atomic E-state index is 10.4. The van der Waals surface area contributed by atoms with E-state index in [1.165, 1.54) is 0 Å². The zero-order valence-electron chi connectivity index (χ0n) is 29.7. The zero-order valence-corrected chi connectivity index (χ0v) is 29.7. The molecule has 0 saturated heterocycles. The lowest BCUT2D eigenvalue weighted by Crippen LogP contribution is -2.49. The van der Waals surface area contributed by atoms with Crippen LogP contribution in [0.25, 0.3) is 89.3 Å². The lowest BCUT2D eigenvalue weighted by molar-refractivity contribution is -0.0893. The van der Waals surface area contributed by atoms with E-state index in [1.54, 1.807) is 27.5 Å². The molecule has 5 aromatic carbocycles. The van der Waals surface area contributed by atoms with Crippen molar-refractivity contribution in [3.8, 4) is 45.4 Å². The van der Waals surface area contributed by atoms with Crippen LogP contribution in [0.4, 0.5) is 0 Å². The first-order chi connectivity index (χ1) is 25.6. The topological polar surface area (TPSA) is 107 Å². The maximum Gasteiger partial charge on any atom is 0.330 e. The van der Waals surface area contributed by atoms with Crippen molar-refractivity contribution in [2.75, 3.05) is 0 Å². The molecule has 257 valence electrons. The van der Waals surface area contributed by atoms with E-state index in [0.717, 1.165) is 66.1 Å². The maximum absolute atomic E-state index is 10.4. The molecule has 4 aromatic heterocycles. The zero-order chi connectivity index (χ0) is 36.3. The highest BCUT2D eigenvalue weighted by molar-refractivity contribution is 6.47. The molecule has 0 aliphatic heterocycles. The molecule has 0 amide bonds. The summed E-state index contributed by atoms with van der Waals surface area (Å²) in [6.45, 7) is 7.20. The Morgan fingerprint density at radius 3 is 1.58 bits per heavy atom. The van der Waals surface area contributed by atoms with E-state index in [9.17, 15) is 5.11 Å². The Bertz CT molecular complexity index is 2670. The van der Waals surface area contributed by atoms with Gasteiger partial charge in [0.25, 0.3) is 0 Å². The Labute approximate surface area is 306 Å². The second-order valence-electron chi connectivity index (χ2n) is 14.2. The number of aromatic nitrogens is 4. The van der Waals surface area contributed by atoms with Gasteiger partial charge in [-0.2, -0.15) is 0 Å². The third-order valence-corrected chi connectivity index (χ3v) is 10.1. The van der Waals surface area contributed by atoms with E-state index in [0.29, 0.717) is 28.6 Å². The van der Waals surface area contributed by atoms with Crippen molar-refractivity contribution < 1.29 is 18.6 Å². The summed E-state index contributed by atoms with van der Waals surface area (Å²) in [6.07, 6.45) is 1.79. The minimum atomic E-state index is -1.00. The van der Waals surface area contributed by atoms with Gasteiger partial charge in [0.1, 0.15) is 22.3 Å². The Kier molecular flexibility index (Phi) is 7.73. The Hall–Kier alpha value is -6.16. The standard InChI is InChI=1S/C44H34BN4O4/c1-43(2,50)44(3,4)53-45-28-22-19-26(20-23-28)35-24-21-27(25-46-35)40-47-41(33-15-9-13-31-29-11-5-7-17-36(29)51-38(31)33)49-42(48-40)34-16-10-14-32-30-12-6-8-18-37(30)52-39(32)34/h5-25,50H,1-4H3. The van der Waals surface area contributed by atoms with Gasteiger partial charge in [0.05, 0.1) is 28.0 Å². The molecule has 0 atom stereocenters. The van der Waals surface area contributed by atoms with Gasteiger partial charge in [-0.05, 0) is 64.1 Å². The summed E-state index contributed by atoms with van der Waals surface area (Å²) in [6, 6.07) is 39.9. The SMILES string of the molecule is CC(C)(O)C(C)(C)O[B]c1ccc(-c2ccc(-c3nc(-c4cccc5c4oc4ccccc45)nc(-c4cccc5c4oc4ccccc45)n3)cn2)cc1. The van der Waals surface area contributed by atoms with Crippen LogP contribution in [-0.2, 0) is 4.65 Å². The summed E-state index contributed by atoms with van der Waals surface area (Å²) >= 11 is 0. The highest BCUT2D eigenvalue weighted by atomic mass is 16.5. The number of aliphatic hydroxyl groups is 1. The first kappa shape index (κ1) is 32.7. The number of nitrogens with zero attached hydrogens (tertiary/aromatic N) is 4. The van der Waals surface area contributed by atoms with Crippen LogP contribution in [0.2, 0.25) is 0 Å². The van der Waals surface area contributed by atoms with Gasteiger partial charge in [-0.15, -0.1) is 0 Å². The van der Waals surface area contributed by atoms with Crippen LogP contribution in [0.15, 0.2) is 136 Å². The van der Waals surface area contributed by atoms with E-state index < -0.39 is 11.2 Å². The molecule has 0 unspecified atom stereocenters. The summed E-state index contributed by atoms with van der Waals surface area (Å²) in [4.78, 5) is 19.9. The number of rotatable bonds is 8. The van der Waals surface area contributed by atoms with Gasteiger partial charge in [-0.1, -0.05) is 90.4 Å². The lowest BCUT2D eigenvalue weighted by atomic mass is 9.82. The van der Waals surface area contributed by atoms with Crippen molar-refractivity contribution in [3.05, 3.63) is 128 Å². The van der Waals surface area contributed by atoms with Crippen LogP contribution in [0.5, 0.6) is 0 Å². The molecule has 0 bridgehead atoms. The summed E-state index contributed by atoms with van der Waals surface area (Å²) in [7, 11) is 1.67. The number of benzene rings is 5. The molecule has 0 fully saturated rings. The smallest absolute Gasteiger partial charge is 0.330 e. The summed E-state index contributed by atoms with van der Waals surface area (Å²) in [5.74, 6) is 1.43. The fourth-order valence-electron chi connectivity index (χ4n) is 6.38. The van der Waals surface area contributed by atoms with Crippen molar-refractivity contribution in [2.24, 2.45) is 0 Å². The minimum absolute atomic E-state index is 0.474. The molecule has 0 saturated carbocycles. The van der Waals surface area contributed by atoms with Gasteiger partial charge in [0.15, 0.2) is 17.5 Å². The van der Waals surface area contributed by atoms with E-state index in [2.05, 4.69) is 24.3 Å². The largest absolute Gasteiger partial charge is 0.455 e. The first-order valence-electron chi connectivity index (χ1n) is 17.5. The van der Waals surface area contributed by atoms with Gasteiger partial charge in [-0.25, -0.2) is 15.0 Å². The normalized spacial score (nSPS) is 12.3. The van der Waals surface area contributed by atoms with Crippen LogP contribution >= 0.6 is 0 Å². The Morgan fingerprint density at radius 1 is 0.547 bits per heavy atom. The third kappa shape index (κ3) is 5.84. The minimum Gasteiger partial charge on any atom is -0.455 e. The van der Waals surface area contributed by atoms with Crippen molar-refractivity contribution >= 4 is 56.8 Å². The van der Waals surface area contributed by atoms with E-state index in [4.69, 9.17) is 33.4 Å². The van der Waals surface area contributed by atoms with Crippen molar-refractivity contribution in [3.63, 3.8) is 0 Å². The summed E-state index contributed by atoms with van der Waals surface area (Å²) < 4.78 is 18.7. The van der Waals surface area contributed by atoms with Crippen molar-refractivity contribution in [2.45, 2.75) is 38.9 Å². The number of hydrogen-bond acceptors (Lipinski definition) is 8. The molecule has 0 aliphatic carbocycles. The van der Waals surface area contributed by atoms with Crippen LogP contribution in [0.3, 0.4) is 0 Å². The first-order valence-corrected chi connectivity index (χ1v) is 17.5. The van der Waals surface area contributed by atoms with Gasteiger partial charge >= 0.3 is 7.48 Å². The molecular formula is C44H34BN4O4. The molecule has 9 rings (SSSR count). The second-order valence-corrected chi connectivity index (χ2v) is 14.2. The number of hydrogen-bond donors (Lipinski definition) is 1. The van der Waals surface area contributed by atoms with E-state index in [-0.39, 0.29) is 0 Å². The summed E-state index contributed by atoms with van der Waals surface area (Å²) in [5.41, 5.74) is 6.14. The predicted molar refractivity (Wildman–Crippen MR) is 211 cm³/mol. The molecule has 9 heteroatoms. The fourth-order valence-corrected chi connectivity index (χ4v) is 6.38. The predicted octanol–water partition coefficient (Wildman–Crippen LogP) is 9.54. The molecule has 0 aliphatic rings. The van der Waals surface area contributed by atoms with Crippen molar-refractivity contribution in [1.82, 2.24) is 19.9 Å². The van der Waals surface area contributed by atoms with Crippen LogP contribution < -0.4 is 5.46 Å². The number of furan rings is 2. The molecule has 8 nitrogen and oxygen atoms in total. The third-order valence-electron chi connectivity index (χ3n) is 10.1. The Balaban J connectivity index is 1.12. The average molecular weight is 694 g/mol. The van der Waals surface area contributed by atoms with Crippen LogP contribution in [-0.4, -0.2) is 43.7 Å². The molecule has 4 heterocycles. The van der Waals surface area contributed by atoms with E-state index >= 15 is 0 Å². The molecule has 0 spiro atoms. The van der Waals surface area contributed by atoms with Crippen molar-refractivity contribution in [1.29, 1.82) is 0 Å². The van der Waals surface area contributed by atoms with Gasteiger partial charge in [-0.3, -0.25) is 4.98 Å². The van der Waals surface area contributed by atoms with Gasteiger partial charge in [0, 0.05) is 38.9 Å².